The molecule has 0 saturated carbocycles. The van der Waals surface area contributed by atoms with Gasteiger partial charge < -0.3 is 24.8 Å². The summed E-state index contributed by atoms with van der Waals surface area (Å²) in [7, 11) is 0. The molecular formula is C15H14N2O4. The minimum absolute atomic E-state index is 0.0837. The van der Waals surface area contributed by atoms with Gasteiger partial charge in [0.25, 0.3) is 0 Å². The van der Waals surface area contributed by atoms with Gasteiger partial charge in [-0.2, -0.15) is 0 Å². The van der Waals surface area contributed by atoms with E-state index >= 15 is 0 Å². The molecule has 1 heterocycles. The molecule has 0 spiro atoms. The Bertz CT molecular complexity index is 631. The van der Waals surface area contributed by atoms with E-state index in [-0.39, 0.29) is 19.6 Å². The van der Waals surface area contributed by atoms with Gasteiger partial charge in [-0.05, 0) is 24.3 Å². The van der Waals surface area contributed by atoms with Crippen molar-refractivity contribution in [3.05, 3.63) is 48.5 Å². The highest BCUT2D eigenvalue weighted by atomic mass is 16.7. The Labute approximate surface area is 121 Å². The number of nitrogens with one attached hydrogen (secondary N) is 2. The lowest BCUT2D eigenvalue weighted by Crippen LogP contribution is -2.31. The van der Waals surface area contributed by atoms with E-state index in [0.717, 1.165) is 0 Å². The van der Waals surface area contributed by atoms with E-state index in [0.29, 0.717) is 22.9 Å². The number of hydrogen-bond acceptors (Lipinski definition) is 4. The van der Waals surface area contributed by atoms with Crippen molar-refractivity contribution in [3.63, 3.8) is 0 Å². The summed E-state index contributed by atoms with van der Waals surface area (Å²) in [4.78, 5) is 11.7. The first kappa shape index (κ1) is 13.1. The molecule has 3 rings (SSSR count). The summed E-state index contributed by atoms with van der Waals surface area (Å²) in [5.41, 5.74) is 0.622. The summed E-state index contributed by atoms with van der Waals surface area (Å²) >= 11 is 0. The number of carbonyl (C=O) groups is 1. The van der Waals surface area contributed by atoms with E-state index in [1.54, 1.807) is 18.2 Å². The van der Waals surface area contributed by atoms with Crippen molar-refractivity contribution in [3.8, 4) is 17.2 Å². The molecule has 0 radical (unpaired) electrons. The van der Waals surface area contributed by atoms with Gasteiger partial charge in [-0.3, -0.25) is 0 Å². The average molecular weight is 286 g/mol. The van der Waals surface area contributed by atoms with Crippen LogP contribution < -0.4 is 24.8 Å². The molecule has 2 amide bonds. The summed E-state index contributed by atoms with van der Waals surface area (Å²) in [5.74, 6) is 1.99. The highest BCUT2D eigenvalue weighted by Crippen LogP contribution is 2.34. The lowest BCUT2D eigenvalue weighted by Gasteiger charge is -2.09. The van der Waals surface area contributed by atoms with Crippen LogP contribution in [-0.2, 0) is 0 Å². The number of anilines is 1. The quantitative estimate of drug-likeness (QED) is 0.848. The van der Waals surface area contributed by atoms with Crippen molar-refractivity contribution in [2.75, 3.05) is 18.8 Å². The average Bonchev–Trinajstić information content (AvgIpc) is 2.96. The lowest BCUT2D eigenvalue weighted by molar-refractivity contribution is 0.174. The fourth-order valence-corrected chi connectivity index (χ4v) is 1.85. The van der Waals surface area contributed by atoms with Gasteiger partial charge in [0.15, 0.2) is 18.2 Å². The molecule has 2 N–H and O–H groups in total. The van der Waals surface area contributed by atoms with Crippen LogP contribution in [0.1, 0.15) is 0 Å². The smallest absolute Gasteiger partial charge is 0.321 e. The summed E-state index contributed by atoms with van der Waals surface area (Å²) in [5, 5.41) is 5.30. The summed E-state index contributed by atoms with van der Waals surface area (Å²) in [6, 6.07) is 14.1. The Morgan fingerprint density at radius 3 is 2.76 bits per heavy atom. The second kappa shape index (κ2) is 6.04. The third kappa shape index (κ3) is 3.36. The molecule has 2 aromatic rings. The van der Waals surface area contributed by atoms with Gasteiger partial charge in [-0.15, -0.1) is 0 Å². The Kier molecular flexibility index (Phi) is 3.77. The standard InChI is InChI=1S/C15H14N2O4/c18-15(16-9-19-12-4-2-1-3-5-12)17-11-6-7-13-14(8-11)21-10-20-13/h1-8H,9-10H2,(H2,16,17,18). The molecule has 21 heavy (non-hydrogen) atoms. The van der Waals surface area contributed by atoms with Gasteiger partial charge in [-0.1, -0.05) is 18.2 Å². The van der Waals surface area contributed by atoms with Crippen LogP contribution in [0.3, 0.4) is 0 Å². The van der Waals surface area contributed by atoms with Gasteiger partial charge in [0.1, 0.15) is 5.75 Å². The van der Waals surface area contributed by atoms with Crippen molar-refractivity contribution in [2.24, 2.45) is 0 Å². The number of para-hydroxylation sites is 1. The molecule has 1 aliphatic rings. The van der Waals surface area contributed by atoms with Crippen molar-refractivity contribution in [1.29, 1.82) is 0 Å². The highest BCUT2D eigenvalue weighted by molar-refractivity contribution is 5.89. The monoisotopic (exact) mass is 286 g/mol. The number of hydrogen-bond donors (Lipinski definition) is 2. The van der Waals surface area contributed by atoms with Gasteiger partial charge in [0.2, 0.25) is 6.79 Å². The van der Waals surface area contributed by atoms with Crippen LogP contribution in [0.4, 0.5) is 10.5 Å². The van der Waals surface area contributed by atoms with E-state index in [2.05, 4.69) is 10.6 Å². The Hall–Kier alpha value is -2.89. The number of rotatable bonds is 4. The maximum absolute atomic E-state index is 11.7. The molecule has 0 fully saturated rings. The molecule has 2 aromatic carbocycles. The third-order valence-corrected chi connectivity index (χ3v) is 2.85. The molecular weight excluding hydrogens is 272 g/mol. The lowest BCUT2D eigenvalue weighted by atomic mass is 10.3. The number of benzene rings is 2. The van der Waals surface area contributed by atoms with E-state index in [9.17, 15) is 4.79 Å². The number of amides is 2. The number of ether oxygens (including phenoxy) is 3. The molecule has 0 atom stereocenters. The van der Waals surface area contributed by atoms with Crippen LogP contribution in [0, 0.1) is 0 Å². The maximum atomic E-state index is 11.7. The molecule has 108 valence electrons. The van der Waals surface area contributed by atoms with Crippen LogP contribution >= 0.6 is 0 Å². The van der Waals surface area contributed by atoms with E-state index in [1.165, 1.54) is 0 Å². The number of carbonyl (C=O) groups excluding carboxylic acids is 1. The molecule has 0 aliphatic carbocycles. The van der Waals surface area contributed by atoms with Crippen molar-refractivity contribution >= 4 is 11.7 Å². The number of urea groups is 1. The fraction of sp³-hybridized carbons (Fsp3) is 0.133. The van der Waals surface area contributed by atoms with Crippen LogP contribution in [0.5, 0.6) is 17.2 Å². The second-order valence-electron chi connectivity index (χ2n) is 4.30. The van der Waals surface area contributed by atoms with Crippen molar-refractivity contribution < 1.29 is 19.0 Å². The first-order chi connectivity index (χ1) is 10.3. The predicted octanol–water partition coefficient (Wildman–Crippen LogP) is 2.57. The minimum atomic E-state index is -0.357. The van der Waals surface area contributed by atoms with Gasteiger partial charge >= 0.3 is 6.03 Å². The van der Waals surface area contributed by atoms with Gasteiger partial charge in [0, 0.05) is 11.8 Å². The Balaban J connectivity index is 1.48. The van der Waals surface area contributed by atoms with Crippen LogP contribution in [0.2, 0.25) is 0 Å². The highest BCUT2D eigenvalue weighted by Gasteiger charge is 2.13. The third-order valence-electron chi connectivity index (χ3n) is 2.85. The second-order valence-corrected chi connectivity index (χ2v) is 4.30. The molecule has 0 aromatic heterocycles. The first-order valence-corrected chi connectivity index (χ1v) is 6.43. The summed E-state index contributed by atoms with van der Waals surface area (Å²) in [6.45, 7) is 0.288. The Morgan fingerprint density at radius 2 is 1.90 bits per heavy atom. The Morgan fingerprint density at radius 1 is 1.10 bits per heavy atom. The maximum Gasteiger partial charge on any atom is 0.321 e. The van der Waals surface area contributed by atoms with Crippen LogP contribution in [-0.4, -0.2) is 19.6 Å². The SMILES string of the molecule is O=C(NCOc1ccccc1)Nc1ccc2c(c1)OCO2. The molecule has 0 unspecified atom stereocenters. The van der Waals surface area contributed by atoms with Crippen LogP contribution in [0.15, 0.2) is 48.5 Å². The van der Waals surface area contributed by atoms with Crippen LogP contribution in [0.25, 0.3) is 0 Å². The van der Waals surface area contributed by atoms with Crippen molar-refractivity contribution in [1.82, 2.24) is 5.32 Å². The van der Waals surface area contributed by atoms with E-state index in [1.807, 2.05) is 30.3 Å². The fourth-order valence-electron chi connectivity index (χ4n) is 1.85. The first-order valence-electron chi connectivity index (χ1n) is 6.43. The van der Waals surface area contributed by atoms with E-state index < -0.39 is 0 Å². The van der Waals surface area contributed by atoms with Gasteiger partial charge in [-0.25, -0.2) is 4.79 Å². The zero-order valence-electron chi connectivity index (χ0n) is 11.2. The molecule has 6 nitrogen and oxygen atoms in total. The molecule has 0 bridgehead atoms. The predicted molar refractivity (Wildman–Crippen MR) is 76.7 cm³/mol. The van der Waals surface area contributed by atoms with Gasteiger partial charge in [0.05, 0.1) is 0 Å². The normalized spacial score (nSPS) is 11.8. The van der Waals surface area contributed by atoms with Crippen molar-refractivity contribution in [2.45, 2.75) is 0 Å². The zero-order valence-corrected chi connectivity index (χ0v) is 11.2. The molecule has 6 heteroatoms. The molecule has 1 aliphatic heterocycles. The topological polar surface area (TPSA) is 68.8 Å². The van der Waals surface area contributed by atoms with E-state index in [4.69, 9.17) is 14.2 Å². The zero-order chi connectivity index (χ0) is 14.5. The molecule has 0 saturated heterocycles. The largest absolute Gasteiger partial charge is 0.473 e. The summed E-state index contributed by atoms with van der Waals surface area (Å²) in [6.07, 6.45) is 0. The minimum Gasteiger partial charge on any atom is -0.473 e. The number of fused-ring (bicyclic) bond motifs is 1. The summed E-state index contributed by atoms with van der Waals surface area (Å²) < 4.78 is 15.8.